The molecule has 0 spiro atoms. The van der Waals surface area contributed by atoms with Gasteiger partial charge in [-0.15, -0.1) is 0 Å². The molecule has 1 heterocycles. The highest BCUT2D eigenvalue weighted by molar-refractivity contribution is 7.80. The highest BCUT2D eigenvalue weighted by Crippen LogP contribution is 2.37. The predicted molar refractivity (Wildman–Crippen MR) is 122 cm³/mol. The zero-order valence-electron chi connectivity index (χ0n) is 17.4. The summed E-state index contributed by atoms with van der Waals surface area (Å²) in [5.74, 6) is 1.20. The Morgan fingerprint density at radius 2 is 1.83 bits per heavy atom. The molecular weight excluding hydrogens is 418 g/mol. The van der Waals surface area contributed by atoms with Gasteiger partial charge in [-0.2, -0.15) is 5.26 Å². The molecule has 0 aliphatic carbocycles. The van der Waals surface area contributed by atoms with Crippen molar-refractivity contribution in [3.63, 3.8) is 0 Å². The summed E-state index contributed by atoms with van der Waals surface area (Å²) in [6.45, 7) is 6.53. The lowest BCUT2D eigenvalue weighted by Crippen LogP contribution is -2.46. The fourth-order valence-electron chi connectivity index (χ4n) is 3.25. The fraction of sp³-hybridized carbons (Fsp3) is 0.304. The molecule has 0 unspecified atom stereocenters. The van der Waals surface area contributed by atoms with Crippen molar-refractivity contribution < 1.29 is 9.47 Å². The number of rotatable bonds is 5. The number of halogens is 1. The van der Waals surface area contributed by atoms with Gasteiger partial charge in [0.1, 0.15) is 6.61 Å². The third-order valence-electron chi connectivity index (χ3n) is 4.77. The van der Waals surface area contributed by atoms with Crippen molar-refractivity contribution in [2.45, 2.75) is 33.4 Å². The first kappa shape index (κ1) is 21.9. The molecule has 0 fully saturated rings. The van der Waals surface area contributed by atoms with E-state index in [0.717, 1.165) is 16.8 Å². The number of thiocarbonyl (C=S) groups is 1. The van der Waals surface area contributed by atoms with E-state index in [1.54, 1.807) is 7.11 Å². The van der Waals surface area contributed by atoms with Crippen molar-refractivity contribution >= 4 is 28.9 Å². The van der Waals surface area contributed by atoms with Crippen molar-refractivity contribution in [1.82, 2.24) is 10.6 Å². The summed E-state index contributed by atoms with van der Waals surface area (Å²) < 4.78 is 11.5. The highest BCUT2D eigenvalue weighted by Gasteiger charge is 2.32. The largest absolute Gasteiger partial charge is 0.493 e. The molecule has 2 aromatic rings. The lowest BCUT2D eigenvalue weighted by atomic mass is 9.84. The van der Waals surface area contributed by atoms with Crippen LogP contribution in [0, 0.1) is 16.7 Å². The van der Waals surface area contributed by atoms with Crippen LogP contribution in [0.4, 0.5) is 0 Å². The number of nitrogens with zero attached hydrogens (tertiary/aromatic N) is 1. The van der Waals surface area contributed by atoms with Crippen LogP contribution < -0.4 is 20.1 Å². The van der Waals surface area contributed by atoms with E-state index in [1.807, 2.05) is 63.2 Å². The first-order chi connectivity index (χ1) is 14.2. The highest BCUT2D eigenvalue weighted by atomic mass is 35.5. The molecule has 2 aromatic carbocycles. The minimum atomic E-state index is -0.364. The number of nitriles is 1. The summed E-state index contributed by atoms with van der Waals surface area (Å²) in [5, 5.41) is 17.4. The second-order valence-corrected chi connectivity index (χ2v) is 8.85. The van der Waals surface area contributed by atoms with Crippen molar-refractivity contribution in [3.05, 3.63) is 69.9 Å². The maximum absolute atomic E-state index is 9.86. The van der Waals surface area contributed by atoms with Crippen LogP contribution in [-0.4, -0.2) is 12.2 Å². The van der Waals surface area contributed by atoms with Crippen LogP contribution in [-0.2, 0) is 6.61 Å². The van der Waals surface area contributed by atoms with Crippen LogP contribution in [0.15, 0.2) is 53.7 Å². The fourth-order valence-corrected chi connectivity index (χ4v) is 3.60. The van der Waals surface area contributed by atoms with Crippen molar-refractivity contribution in [2.75, 3.05) is 7.11 Å². The van der Waals surface area contributed by atoms with Crippen LogP contribution >= 0.6 is 23.8 Å². The molecule has 1 aliphatic heterocycles. The summed E-state index contributed by atoms with van der Waals surface area (Å²) >= 11 is 11.3. The van der Waals surface area contributed by atoms with Crippen LogP contribution in [0.2, 0.25) is 5.02 Å². The van der Waals surface area contributed by atoms with Gasteiger partial charge in [-0.25, -0.2) is 0 Å². The topological polar surface area (TPSA) is 66.3 Å². The maximum Gasteiger partial charge on any atom is 0.171 e. The molecular formula is C23H24ClN3O2S. The quantitative estimate of drug-likeness (QED) is 0.616. The summed E-state index contributed by atoms with van der Waals surface area (Å²) in [6.07, 6.45) is 0. The third kappa shape index (κ3) is 4.86. The molecule has 0 saturated carbocycles. The Balaban J connectivity index is 1.90. The number of methoxy groups -OCH3 is 1. The van der Waals surface area contributed by atoms with Crippen LogP contribution in [0.5, 0.6) is 11.5 Å². The van der Waals surface area contributed by atoms with E-state index in [0.29, 0.717) is 33.8 Å². The van der Waals surface area contributed by atoms with Crippen LogP contribution in [0.1, 0.15) is 37.9 Å². The second-order valence-electron chi connectivity index (χ2n) is 8.01. The Morgan fingerprint density at radius 3 is 2.43 bits per heavy atom. The minimum absolute atomic E-state index is 0.249. The number of ether oxygens (including phenoxy) is 2. The number of nitrogens with one attached hydrogen (secondary N) is 2. The molecule has 0 radical (unpaired) electrons. The van der Waals surface area contributed by atoms with E-state index in [1.165, 1.54) is 0 Å². The van der Waals surface area contributed by atoms with Crippen molar-refractivity contribution in [1.29, 1.82) is 5.26 Å². The van der Waals surface area contributed by atoms with Gasteiger partial charge in [0, 0.05) is 16.1 Å². The molecule has 5 nitrogen and oxygen atoms in total. The van der Waals surface area contributed by atoms with Gasteiger partial charge >= 0.3 is 0 Å². The minimum Gasteiger partial charge on any atom is -0.493 e. The number of benzene rings is 2. The van der Waals surface area contributed by atoms with E-state index in [-0.39, 0.29) is 11.5 Å². The lowest BCUT2D eigenvalue weighted by Gasteiger charge is -2.35. The van der Waals surface area contributed by atoms with Gasteiger partial charge in [0.05, 0.1) is 24.8 Å². The zero-order valence-corrected chi connectivity index (χ0v) is 18.9. The molecule has 30 heavy (non-hydrogen) atoms. The standard InChI is InChI=1S/C23H24ClN3O2S/c1-23(2,3)21-17(12-25)20(26-22(30)27-21)15-7-10-18(19(11-15)28-4)29-13-14-5-8-16(24)9-6-14/h5-11,20H,13H2,1-4H3,(H2,26,27,30)/t20-/m1/s1. The number of allylic oxidation sites excluding steroid dienone is 1. The van der Waals surface area contributed by atoms with Gasteiger partial charge in [0.15, 0.2) is 16.6 Å². The predicted octanol–water partition coefficient (Wildman–Crippen LogP) is 5.27. The molecule has 0 bridgehead atoms. The molecule has 0 aromatic heterocycles. The molecule has 156 valence electrons. The van der Waals surface area contributed by atoms with E-state index in [4.69, 9.17) is 33.3 Å². The molecule has 2 N–H and O–H groups in total. The Morgan fingerprint density at radius 1 is 1.13 bits per heavy atom. The molecule has 1 atom stereocenters. The number of hydrogen-bond acceptors (Lipinski definition) is 4. The van der Waals surface area contributed by atoms with E-state index >= 15 is 0 Å². The average Bonchev–Trinajstić information content (AvgIpc) is 2.72. The van der Waals surface area contributed by atoms with Crippen LogP contribution in [0.3, 0.4) is 0 Å². The van der Waals surface area contributed by atoms with E-state index < -0.39 is 0 Å². The lowest BCUT2D eigenvalue weighted by molar-refractivity contribution is 0.284. The van der Waals surface area contributed by atoms with Gasteiger partial charge < -0.3 is 20.1 Å². The molecule has 1 aliphatic rings. The summed E-state index contributed by atoms with van der Waals surface area (Å²) in [7, 11) is 1.59. The van der Waals surface area contributed by atoms with Gasteiger partial charge in [0.2, 0.25) is 0 Å². The average molecular weight is 442 g/mol. The number of hydrogen-bond donors (Lipinski definition) is 2. The molecule has 0 saturated heterocycles. The van der Waals surface area contributed by atoms with Crippen molar-refractivity contribution in [2.24, 2.45) is 5.41 Å². The molecule has 0 amide bonds. The summed E-state index contributed by atoms with van der Waals surface area (Å²) in [6, 6.07) is 15.1. The third-order valence-corrected chi connectivity index (χ3v) is 5.24. The first-order valence-electron chi connectivity index (χ1n) is 9.50. The van der Waals surface area contributed by atoms with Gasteiger partial charge in [-0.3, -0.25) is 0 Å². The van der Waals surface area contributed by atoms with Gasteiger partial charge in [0.25, 0.3) is 0 Å². The smallest absolute Gasteiger partial charge is 0.171 e. The second kappa shape index (κ2) is 8.95. The maximum atomic E-state index is 9.86. The van der Waals surface area contributed by atoms with E-state index in [2.05, 4.69) is 16.7 Å². The van der Waals surface area contributed by atoms with E-state index in [9.17, 15) is 5.26 Å². The van der Waals surface area contributed by atoms with Gasteiger partial charge in [-0.05, 0) is 47.6 Å². The van der Waals surface area contributed by atoms with Gasteiger partial charge in [-0.1, -0.05) is 50.6 Å². The zero-order chi connectivity index (χ0) is 21.9. The Labute approximate surface area is 187 Å². The monoisotopic (exact) mass is 441 g/mol. The Kier molecular flexibility index (Phi) is 6.55. The summed E-state index contributed by atoms with van der Waals surface area (Å²) in [5.41, 5.74) is 3.04. The first-order valence-corrected chi connectivity index (χ1v) is 10.3. The van der Waals surface area contributed by atoms with Crippen molar-refractivity contribution in [3.8, 4) is 17.6 Å². The normalized spacial score (nSPS) is 16.4. The molecule has 3 rings (SSSR count). The Hall–Kier alpha value is -2.75. The Bertz CT molecular complexity index is 1020. The molecule has 7 heteroatoms. The SMILES string of the molecule is COc1cc([C@H]2NC(=S)NC(C(C)(C)C)=C2C#N)ccc1OCc1ccc(Cl)cc1. The van der Waals surface area contributed by atoms with Crippen LogP contribution in [0.25, 0.3) is 0 Å². The summed E-state index contributed by atoms with van der Waals surface area (Å²) in [4.78, 5) is 0.